The molecule has 0 spiro atoms. The summed E-state index contributed by atoms with van der Waals surface area (Å²) in [4.78, 5) is 1.75. The zero-order chi connectivity index (χ0) is 22.5. The first kappa shape index (κ1) is 24.2. The summed E-state index contributed by atoms with van der Waals surface area (Å²) in [6.45, 7) is 4.28. The number of nitrogens with one attached hydrogen (secondary N) is 1. The molecule has 0 heterocycles. The van der Waals surface area contributed by atoms with Crippen LogP contribution < -0.4 is 5.32 Å². The molecule has 30 heavy (non-hydrogen) atoms. The van der Waals surface area contributed by atoms with Crippen LogP contribution in [0.3, 0.4) is 0 Å². The van der Waals surface area contributed by atoms with Gasteiger partial charge in [-0.1, -0.05) is 43.7 Å². The van der Waals surface area contributed by atoms with Gasteiger partial charge in [0.25, 0.3) is 0 Å². The standard InChI is InChI=1S/C22H26F6N2/c1-4-5-11-29-20(30(3)15(2)16-9-7-6-8-10-16)17-12-18(21(23,24)25)14-19(13-17)22(26,27)28/h6-10,12-15,20,29H,4-5,11H2,1-3H3/t15-,20?/m1/s1. The van der Waals surface area contributed by atoms with E-state index in [1.807, 2.05) is 44.2 Å². The molecule has 0 fully saturated rings. The largest absolute Gasteiger partial charge is 0.416 e. The summed E-state index contributed by atoms with van der Waals surface area (Å²) in [5.74, 6) is 0. The number of hydrogen-bond donors (Lipinski definition) is 1. The Morgan fingerprint density at radius 3 is 1.87 bits per heavy atom. The summed E-state index contributed by atoms with van der Waals surface area (Å²) < 4.78 is 80.0. The van der Waals surface area contributed by atoms with Crippen LogP contribution in [0.5, 0.6) is 0 Å². The quantitative estimate of drug-likeness (QED) is 0.280. The van der Waals surface area contributed by atoms with Gasteiger partial charge in [0.2, 0.25) is 0 Å². The number of alkyl halides is 6. The van der Waals surface area contributed by atoms with Gasteiger partial charge in [0, 0.05) is 6.04 Å². The van der Waals surface area contributed by atoms with Crippen molar-refractivity contribution in [2.24, 2.45) is 0 Å². The van der Waals surface area contributed by atoms with Gasteiger partial charge in [-0.3, -0.25) is 10.2 Å². The number of rotatable bonds is 8. The van der Waals surface area contributed by atoms with Crippen LogP contribution in [0.25, 0.3) is 0 Å². The lowest BCUT2D eigenvalue weighted by atomic mass is 10.00. The zero-order valence-electron chi connectivity index (χ0n) is 17.1. The molecule has 166 valence electrons. The van der Waals surface area contributed by atoms with E-state index in [9.17, 15) is 26.3 Å². The Labute approximate surface area is 172 Å². The van der Waals surface area contributed by atoms with E-state index < -0.39 is 29.6 Å². The molecule has 2 rings (SSSR count). The van der Waals surface area contributed by atoms with Gasteiger partial charge in [-0.05, 0) is 56.3 Å². The molecule has 0 aliphatic rings. The Balaban J connectivity index is 2.52. The van der Waals surface area contributed by atoms with Gasteiger partial charge in [0.05, 0.1) is 17.3 Å². The van der Waals surface area contributed by atoms with Gasteiger partial charge in [-0.2, -0.15) is 26.3 Å². The van der Waals surface area contributed by atoms with E-state index in [0.717, 1.165) is 30.5 Å². The maximum absolute atomic E-state index is 13.3. The van der Waals surface area contributed by atoms with Gasteiger partial charge >= 0.3 is 12.4 Å². The predicted octanol–water partition coefficient (Wildman–Crippen LogP) is 6.81. The molecule has 0 saturated carbocycles. The highest BCUT2D eigenvalue weighted by Crippen LogP contribution is 2.38. The van der Waals surface area contributed by atoms with E-state index in [1.165, 1.54) is 0 Å². The van der Waals surface area contributed by atoms with E-state index in [2.05, 4.69) is 5.32 Å². The monoisotopic (exact) mass is 432 g/mol. The van der Waals surface area contributed by atoms with E-state index in [4.69, 9.17) is 0 Å². The van der Waals surface area contributed by atoms with E-state index in [1.54, 1.807) is 11.9 Å². The molecule has 0 aliphatic heterocycles. The lowest BCUT2D eigenvalue weighted by molar-refractivity contribution is -0.143. The number of benzene rings is 2. The first-order valence-corrected chi connectivity index (χ1v) is 9.74. The van der Waals surface area contributed by atoms with Gasteiger partial charge in [-0.25, -0.2) is 0 Å². The molecule has 2 atom stereocenters. The molecule has 0 saturated heterocycles. The molecule has 0 aromatic heterocycles. The Morgan fingerprint density at radius 2 is 1.40 bits per heavy atom. The van der Waals surface area contributed by atoms with Crippen LogP contribution in [0.1, 0.15) is 61.2 Å². The van der Waals surface area contributed by atoms with Crippen LogP contribution in [0, 0.1) is 0 Å². The van der Waals surface area contributed by atoms with Crippen molar-refractivity contribution in [3.05, 3.63) is 70.8 Å². The van der Waals surface area contributed by atoms with E-state index in [-0.39, 0.29) is 17.7 Å². The molecule has 2 nitrogen and oxygen atoms in total. The molecule has 2 aromatic carbocycles. The maximum Gasteiger partial charge on any atom is 0.416 e. The van der Waals surface area contributed by atoms with Crippen molar-refractivity contribution < 1.29 is 26.3 Å². The van der Waals surface area contributed by atoms with Crippen LogP contribution in [-0.4, -0.2) is 18.5 Å². The topological polar surface area (TPSA) is 15.3 Å². The van der Waals surface area contributed by atoms with E-state index >= 15 is 0 Å². The molecular formula is C22H26F6N2. The number of nitrogens with zero attached hydrogens (tertiary/aromatic N) is 1. The van der Waals surface area contributed by atoms with Crippen molar-refractivity contribution in [1.82, 2.24) is 10.2 Å². The second-order valence-electron chi connectivity index (χ2n) is 7.30. The van der Waals surface area contributed by atoms with Gasteiger partial charge in [0.1, 0.15) is 0 Å². The summed E-state index contributed by atoms with van der Waals surface area (Å²) in [6, 6.07) is 10.8. The zero-order valence-corrected chi connectivity index (χ0v) is 17.1. The smallest absolute Gasteiger partial charge is 0.298 e. The molecule has 0 bridgehead atoms. The first-order chi connectivity index (χ1) is 13.9. The van der Waals surface area contributed by atoms with Crippen molar-refractivity contribution >= 4 is 0 Å². The Hall–Kier alpha value is -2.06. The Bertz CT molecular complexity index is 769. The minimum absolute atomic E-state index is 0.0708. The van der Waals surface area contributed by atoms with Gasteiger partial charge in [-0.15, -0.1) is 0 Å². The molecule has 2 aromatic rings. The lowest BCUT2D eigenvalue weighted by Gasteiger charge is -2.35. The normalized spacial score (nSPS) is 14.7. The average molecular weight is 432 g/mol. The lowest BCUT2D eigenvalue weighted by Crippen LogP contribution is -2.38. The van der Waals surface area contributed by atoms with Crippen LogP contribution in [0.15, 0.2) is 48.5 Å². The molecular weight excluding hydrogens is 406 g/mol. The fourth-order valence-electron chi connectivity index (χ4n) is 3.24. The summed E-state index contributed by atoms with van der Waals surface area (Å²) in [6.07, 6.45) is -9.00. The maximum atomic E-state index is 13.3. The number of unbranched alkanes of at least 4 members (excludes halogenated alkanes) is 1. The summed E-state index contributed by atoms with van der Waals surface area (Å²) in [5, 5.41) is 3.14. The van der Waals surface area contributed by atoms with Crippen LogP contribution in [-0.2, 0) is 12.4 Å². The average Bonchev–Trinajstić information content (AvgIpc) is 2.69. The first-order valence-electron chi connectivity index (χ1n) is 9.74. The Morgan fingerprint density at radius 1 is 0.867 bits per heavy atom. The SMILES string of the molecule is CCCCNC(c1cc(C(F)(F)F)cc(C(F)(F)F)c1)N(C)[C@H](C)c1ccccc1. The van der Waals surface area contributed by atoms with Crippen molar-refractivity contribution in [2.45, 2.75) is 51.2 Å². The molecule has 8 heteroatoms. The fraction of sp³-hybridized carbons (Fsp3) is 0.455. The molecule has 0 amide bonds. The fourth-order valence-corrected chi connectivity index (χ4v) is 3.24. The third-order valence-corrected chi connectivity index (χ3v) is 5.09. The van der Waals surface area contributed by atoms with E-state index in [0.29, 0.717) is 6.54 Å². The van der Waals surface area contributed by atoms with Crippen molar-refractivity contribution in [3.63, 3.8) is 0 Å². The highest BCUT2D eigenvalue weighted by Gasteiger charge is 2.38. The predicted molar refractivity (Wildman–Crippen MR) is 105 cm³/mol. The minimum Gasteiger partial charge on any atom is -0.298 e. The second kappa shape index (κ2) is 9.83. The van der Waals surface area contributed by atoms with Gasteiger partial charge < -0.3 is 0 Å². The third-order valence-electron chi connectivity index (χ3n) is 5.09. The number of hydrogen-bond acceptors (Lipinski definition) is 2. The van der Waals surface area contributed by atoms with Crippen molar-refractivity contribution in [3.8, 4) is 0 Å². The summed E-state index contributed by atoms with van der Waals surface area (Å²) >= 11 is 0. The molecule has 1 unspecified atom stereocenters. The number of halogens is 6. The molecule has 0 radical (unpaired) electrons. The second-order valence-corrected chi connectivity index (χ2v) is 7.30. The minimum atomic E-state index is -4.88. The van der Waals surface area contributed by atoms with Gasteiger partial charge in [0.15, 0.2) is 0 Å². The third kappa shape index (κ3) is 6.22. The van der Waals surface area contributed by atoms with Crippen LogP contribution in [0.4, 0.5) is 26.3 Å². The molecule has 0 aliphatic carbocycles. The van der Waals surface area contributed by atoms with Crippen molar-refractivity contribution in [2.75, 3.05) is 13.6 Å². The van der Waals surface area contributed by atoms with Crippen LogP contribution >= 0.6 is 0 Å². The molecule has 1 N–H and O–H groups in total. The highest BCUT2D eigenvalue weighted by molar-refractivity contribution is 5.35. The van der Waals surface area contributed by atoms with Crippen molar-refractivity contribution in [1.29, 1.82) is 0 Å². The van der Waals surface area contributed by atoms with Crippen LogP contribution in [0.2, 0.25) is 0 Å². The summed E-state index contributed by atoms with van der Waals surface area (Å²) in [7, 11) is 1.69. The Kier molecular flexibility index (Phi) is 7.93. The highest BCUT2D eigenvalue weighted by atomic mass is 19.4. The summed E-state index contributed by atoms with van der Waals surface area (Å²) in [5.41, 5.74) is -1.78.